The van der Waals surface area contributed by atoms with Crippen molar-refractivity contribution >= 4 is 11.8 Å². The second-order valence-electron chi connectivity index (χ2n) is 6.12. The third-order valence-electron chi connectivity index (χ3n) is 4.61. The molecule has 0 spiro atoms. The molecule has 3 fully saturated rings. The Hall–Kier alpha value is -0.900. The van der Waals surface area contributed by atoms with Crippen molar-refractivity contribution in [2.45, 2.75) is 44.6 Å². The highest BCUT2D eigenvalue weighted by molar-refractivity contribution is 6.08. The Labute approximate surface area is 101 Å². The maximum atomic E-state index is 11.8. The van der Waals surface area contributed by atoms with Gasteiger partial charge in [0.2, 0.25) is 11.8 Å². The van der Waals surface area contributed by atoms with Crippen LogP contribution in [0.3, 0.4) is 0 Å². The molecular formula is C13H19NO3. The zero-order valence-electron chi connectivity index (χ0n) is 10.2. The minimum absolute atomic E-state index is 0.0476. The molecule has 2 unspecified atom stereocenters. The van der Waals surface area contributed by atoms with Crippen molar-refractivity contribution in [1.29, 1.82) is 0 Å². The van der Waals surface area contributed by atoms with Crippen LogP contribution in [0.2, 0.25) is 0 Å². The van der Waals surface area contributed by atoms with Crippen LogP contribution in [0.1, 0.15) is 39.0 Å². The first-order valence-electron chi connectivity index (χ1n) is 6.58. The monoisotopic (exact) mass is 237 g/mol. The molecule has 94 valence electrons. The molecule has 0 bridgehead atoms. The Balaban J connectivity index is 1.67. The lowest BCUT2D eigenvalue weighted by atomic mass is 9.79. The van der Waals surface area contributed by atoms with Gasteiger partial charge in [-0.15, -0.1) is 0 Å². The molecule has 1 heterocycles. The lowest BCUT2D eigenvalue weighted by molar-refractivity contribution is -0.146. The SMILES string of the molecule is CC1CCC(O)(CN2C(=O)C3CC3C2=O)CC1. The lowest BCUT2D eigenvalue weighted by Crippen LogP contribution is -2.48. The molecule has 2 atom stereocenters. The summed E-state index contributed by atoms with van der Waals surface area (Å²) in [5.41, 5.74) is -0.825. The number of piperidine rings is 1. The first-order chi connectivity index (χ1) is 8.00. The van der Waals surface area contributed by atoms with Gasteiger partial charge >= 0.3 is 0 Å². The van der Waals surface area contributed by atoms with Gasteiger partial charge < -0.3 is 5.11 Å². The van der Waals surface area contributed by atoms with Crippen LogP contribution in [-0.4, -0.2) is 34.0 Å². The van der Waals surface area contributed by atoms with E-state index in [4.69, 9.17) is 0 Å². The molecule has 2 amide bonds. The summed E-state index contributed by atoms with van der Waals surface area (Å²) >= 11 is 0. The number of hydrogen-bond donors (Lipinski definition) is 1. The van der Waals surface area contributed by atoms with Gasteiger partial charge in [0.15, 0.2) is 0 Å². The predicted octanol–water partition coefficient (Wildman–Crippen LogP) is 0.932. The number of carbonyl (C=O) groups excluding carboxylic acids is 2. The number of nitrogens with zero attached hydrogens (tertiary/aromatic N) is 1. The van der Waals surface area contributed by atoms with Crippen LogP contribution in [0.4, 0.5) is 0 Å². The largest absolute Gasteiger partial charge is 0.388 e. The van der Waals surface area contributed by atoms with Crippen molar-refractivity contribution in [2.24, 2.45) is 17.8 Å². The molecule has 0 radical (unpaired) electrons. The van der Waals surface area contributed by atoms with Gasteiger partial charge in [-0.3, -0.25) is 14.5 Å². The maximum Gasteiger partial charge on any atom is 0.233 e. The number of hydrogen-bond acceptors (Lipinski definition) is 3. The van der Waals surface area contributed by atoms with Crippen LogP contribution in [0.15, 0.2) is 0 Å². The number of aliphatic hydroxyl groups is 1. The van der Waals surface area contributed by atoms with Crippen LogP contribution < -0.4 is 0 Å². The summed E-state index contributed by atoms with van der Waals surface area (Å²) in [5, 5.41) is 10.4. The Bertz CT molecular complexity index is 351. The van der Waals surface area contributed by atoms with Crippen molar-refractivity contribution in [2.75, 3.05) is 6.54 Å². The van der Waals surface area contributed by atoms with E-state index < -0.39 is 5.60 Å². The number of fused-ring (bicyclic) bond motifs is 1. The van der Waals surface area contributed by atoms with Crippen LogP contribution in [0.5, 0.6) is 0 Å². The van der Waals surface area contributed by atoms with Gasteiger partial charge in [-0.1, -0.05) is 6.92 Å². The van der Waals surface area contributed by atoms with Crippen LogP contribution >= 0.6 is 0 Å². The molecule has 1 aliphatic heterocycles. The highest BCUT2D eigenvalue weighted by Gasteiger charge is 2.59. The van der Waals surface area contributed by atoms with E-state index in [2.05, 4.69) is 6.92 Å². The molecule has 2 aliphatic carbocycles. The minimum atomic E-state index is -0.825. The van der Waals surface area contributed by atoms with Gasteiger partial charge in [0, 0.05) is 0 Å². The van der Waals surface area contributed by atoms with Gasteiger partial charge in [0.25, 0.3) is 0 Å². The molecule has 3 rings (SSSR count). The van der Waals surface area contributed by atoms with Crippen molar-refractivity contribution in [1.82, 2.24) is 4.90 Å². The van der Waals surface area contributed by atoms with Crippen LogP contribution in [0.25, 0.3) is 0 Å². The minimum Gasteiger partial charge on any atom is -0.388 e. The molecule has 4 nitrogen and oxygen atoms in total. The van der Waals surface area contributed by atoms with Crippen molar-refractivity contribution < 1.29 is 14.7 Å². The summed E-state index contributed by atoms with van der Waals surface area (Å²) < 4.78 is 0. The molecule has 1 saturated heterocycles. The number of imide groups is 1. The van der Waals surface area contributed by atoms with E-state index in [1.54, 1.807) is 0 Å². The summed E-state index contributed by atoms with van der Waals surface area (Å²) in [5.74, 6) is 0.454. The Morgan fingerprint density at radius 2 is 1.76 bits per heavy atom. The summed E-state index contributed by atoms with van der Waals surface area (Å²) in [7, 11) is 0. The molecule has 17 heavy (non-hydrogen) atoms. The van der Waals surface area contributed by atoms with Gasteiger partial charge in [0.05, 0.1) is 24.0 Å². The predicted molar refractivity (Wildman–Crippen MR) is 60.9 cm³/mol. The van der Waals surface area contributed by atoms with E-state index >= 15 is 0 Å². The first-order valence-corrected chi connectivity index (χ1v) is 6.58. The maximum absolute atomic E-state index is 11.8. The number of amides is 2. The molecule has 2 saturated carbocycles. The lowest BCUT2D eigenvalue weighted by Gasteiger charge is -2.37. The Morgan fingerprint density at radius 3 is 2.29 bits per heavy atom. The molecule has 4 heteroatoms. The van der Waals surface area contributed by atoms with Gasteiger partial charge in [-0.2, -0.15) is 0 Å². The standard InChI is InChI=1S/C13H19NO3/c1-8-2-4-13(17,5-3-8)7-14-11(15)9-6-10(9)12(14)16/h8-10,17H,2-7H2,1H3. The fourth-order valence-electron chi connectivity index (χ4n) is 3.16. The third-order valence-corrected chi connectivity index (χ3v) is 4.61. The van der Waals surface area contributed by atoms with Gasteiger partial charge in [0.1, 0.15) is 0 Å². The molecular weight excluding hydrogens is 218 g/mol. The summed E-state index contributed by atoms with van der Waals surface area (Å²) in [6.07, 6.45) is 4.13. The number of likely N-dealkylation sites (tertiary alicyclic amines) is 1. The van der Waals surface area contributed by atoms with E-state index in [9.17, 15) is 14.7 Å². The Kier molecular flexibility index (Phi) is 2.34. The third kappa shape index (κ3) is 1.79. The zero-order valence-corrected chi connectivity index (χ0v) is 10.2. The van der Waals surface area contributed by atoms with E-state index in [0.29, 0.717) is 18.8 Å². The van der Waals surface area contributed by atoms with E-state index in [1.165, 1.54) is 4.90 Å². The van der Waals surface area contributed by atoms with Crippen molar-refractivity contribution in [3.63, 3.8) is 0 Å². The van der Waals surface area contributed by atoms with Gasteiger partial charge in [-0.05, 0) is 38.0 Å². The highest BCUT2D eigenvalue weighted by atomic mass is 16.3. The average molecular weight is 237 g/mol. The van der Waals surface area contributed by atoms with E-state index in [0.717, 1.165) is 19.3 Å². The zero-order chi connectivity index (χ0) is 12.2. The van der Waals surface area contributed by atoms with Gasteiger partial charge in [-0.25, -0.2) is 0 Å². The number of carbonyl (C=O) groups is 2. The molecule has 0 aromatic heterocycles. The molecule has 0 aromatic rings. The smallest absolute Gasteiger partial charge is 0.233 e. The van der Waals surface area contributed by atoms with Crippen molar-refractivity contribution in [3.05, 3.63) is 0 Å². The summed E-state index contributed by atoms with van der Waals surface area (Å²) in [4.78, 5) is 25.0. The summed E-state index contributed by atoms with van der Waals surface area (Å²) in [6, 6.07) is 0. The number of rotatable bonds is 2. The Morgan fingerprint density at radius 1 is 1.24 bits per heavy atom. The van der Waals surface area contributed by atoms with Crippen LogP contribution in [-0.2, 0) is 9.59 Å². The quantitative estimate of drug-likeness (QED) is 0.727. The fourth-order valence-corrected chi connectivity index (χ4v) is 3.16. The average Bonchev–Trinajstić information content (AvgIpc) is 3.04. The number of β-amino-alcohol motifs (C(OH)–C–C–N with tert-alkyl or cyclic N) is 1. The summed E-state index contributed by atoms with van der Waals surface area (Å²) in [6.45, 7) is 2.41. The molecule has 1 N–H and O–H groups in total. The topological polar surface area (TPSA) is 57.6 Å². The van der Waals surface area contributed by atoms with Crippen LogP contribution in [0, 0.1) is 17.8 Å². The second-order valence-corrected chi connectivity index (χ2v) is 6.12. The first kappa shape index (κ1) is 11.2. The highest BCUT2D eigenvalue weighted by Crippen LogP contribution is 2.47. The van der Waals surface area contributed by atoms with E-state index in [1.807, 2.05) is 0 Å². The fraction of sp³-hybridized carbons (Fsp3) is 0.846. The van der Waals surface area contributed by atoms with E-state index in [-0.39, 0.29) is 30.2 Å². The normalized spacial score (nSPS) is 45.1. The second kappa shape index (κ2) is 3.55. The van der Waals surface area contributed by atoms with Crippen molar-refractivity contribution in [3.8, 4) is 0 Å². The molecule has 3 aliphatic rings. The molecule has 0 aromatic carbocycles.